The van der Waals surface area contributed by atoms with Crippen LogP contribution < -0.4 is 5.69 Å². The predicted molar refractivity (Wildman–Crippen MR) is 56.6 cm³/mol. The van der Waals surface area contributed by atoms with Crippen molar-refractivity contribution in [3.05, 3.63) is 40.5 Å². The average Bonchev–Trinajstić information content (AvgIpc) is 2.91. The second kappa shape index (κ2) is 4.28. The minimum atomic E-state index is -0.551. The van der Waals surface area contributed by atoms with Gasteiger partial charge < -0.3 is 9.15 Å². The minimum Gasteiger partial charge on any atom is -0.463 e. The third-order valence-corrected chi connectivity index (χ3v) is 2.24. The highest BCUT2D eigenvalue weighted by Gasteiger charge is 2.12. The number of esters is 1. The molecule has 7 nitrogen and oxygen atoms in total. The lowest BCUT2D eigenvalue weighted by Crippen LogP contribution is -2.23. The summed E-state index contributed by atoms with van der Waals surface area (Å²) in [4.78, 5) is 22.6. The molecule has 0 aliphatic rings. The molecule has 0 unspecified atom stereocenters. The number of hydrogen-bond acceptors (Lipinski definition) is 5. The van der Waals surface area contributed by atoms with Crippen molar-refractivity contribution in [2.24, 2.45) is 7.05 Å². The van der Waals surface area contributed by atoms with Crippen LogP contribution in [0.3, 0.4) is 0 Å². The molecule has 90 valence electrons. The number of hydrogen-bond donors (Lipinski definition) is 0. The van der Waals surface area contributed by atoms with Crippen molar-refractivity contribution in [1.29, 1.82) is 0 Å². The topological polar surface area (TPSA) is 79.3 Å². The summed E-state index contributed by atoms with van der Waals surface area (Å²) in [5.41, 5.74) is -0.249. The Morgan fingerprint density at radius 1 is 1.53 bits per heavy atom. The van der Waals surface area contributed by atoms with Crippen LogP contribution in [0.1, 0.15) is 16.3 Å². The third-order valence-electron chi connectivity index (χ3n) is 2.24. The van der Waals surface area contributed by atoms with E-state index in [1.165, 1.54) is 28.8 Å². The van der Waals surface area contributed by atoms with Gasteiger partial charge in [0, 0.05) is 7.05 Å². The molecule has 0 atom stereocenters. The highest BCUT2D eigenvalue weighted by molar-refractivity contribution is 5.86. The van der Waals surface area contributed by atoms with Crippen LogP contribution in [0, 0.1) is 0 Å². The van der Waals surface area contributed by atoms with E-state index < -0.39 is 5.97 Å². The first-order valence-corrected chi connectivity index (χ1v) is 4.87. The number of ether oxygens (including phenoxy) is 1. The number of carbonyl (C=O) groups excluding carboxylic acids is 1. The van der Waals surface area contributed by atoms with Gasteiger partial charge in [0.05, 0.1) is 7.11 Å². The molecule has 0 aliphatic heterocycles. The fourth-order valence-corrected chi connectivity index (χ4v) is 1.35. The molecular formula is C10H11N3O4. The van der Waals surface area contributed by atoms with E-state index in [9.17, 15) is 9.59 Å². The summed E-state index contributed by atoms with van der Waals surface area (Å²) >= 11 is 0. The van der Waals surface area contributed by atoms with Crippen molar-refractivity contribution in [1.82, 2.24) is 14.3 Å². The van der Waals surface area contributed by atoms with Crippen LogP contribution in [0.15, 0.2) is 27.7 Å². The number of furan rings is 1. The fraction of sp³-hybridized carbons (Fsp3) is 0.300. The van der Waals surface area contributed by atoms with E-state index in [1.807, 2.05) is 0 Å². The predicted octanol–water partition coefficient (Wildman–Crippen LogP) is 0.00970. The first kappa shape index (κ1) is 11.2. The summed E-state index contributed by atoms with van der Waals surface area (Å²) < 4.78 is 12.3. The van der Waals surface area contributed by atoms with Gasteiger partial charge in [-0.3, -0.25) is 4.57 Å². The van der Waals surface area contributed by atoms with Gasteiger partial charge in [-0.15, -0.1) is 0 Å². The Bertz CT molecular complexity index is 593. The summed E-state index contributed by atoms with van der Waals surface area (Å²) in [6.45, 7) is 0.177. The Balaban J connectivity index is 2.20. The normalized spacial score (nSPS) is 10.5. The van der Waals surface area contributed by atoms with E-state index in [0.717, 1.165) is 0 Å². The van der Waals surface area contributed by atoms with Gasteiger partial charge in [-0.25, -0.2) is 14.3 Å². The van der Waals surface area contributed by atoms with Crippen LogP contribution in [0.2, 0.25) is 0 Å². The maximum Gasteiger partial charge on any atom is 0.373 e. The minimum absolute atomic E-state index is 0.103. The Labute approximate surface area is 96.2 Å². The summed E-state index contributed by atoms with van der Waals surface area (Å²) in [5.74, 6) is 0.0160. The smallest absolute Gasteiger partial charge is 0.373 e. The zero-order valence-corrected chi connectivity index (χ0v) is 9.41. The van der Waals surface area contributed by atoms with Crippen molar-refractivity contribution in [2.45, 2.75) is 6.54 Å². The molecule has 0 saturated heterocycles. The Morgan fingerprint density at radius 3 is 2.88 bits per heavy atom. The van der Waals surface area contributed by atoms with Gasteiger partial charge in [0.15, 0.2) is 0 Å². The van der Waals surface area contributed by atoms with Gasteiger partial charge in [0.25, 0.3) is 0 Å². The molecule has 0 aliphatic carbocycles. The second-order valence-electron chi connectivity index (χ2n) is 3.44. The van der Waals surface area contributed by atoms with Crippen LogP contribution in [-0.2, 0) is 18.3 Å². The molecule has 2 heterocycles. The molecular weight excluding hydrogens is 226 g/mol. The van der Waals surface area contributed by atoms with Gasteiger partial charge in [-0.2, -0.15) is 5.10 Å². The van der Waals surface area contributed by atoms with Crippen molar-refractivity contribution in [3.63, 3.8) is 0 Å². The summed E-state index contributed by atoms with van der Waals surface area (Å²) in [7, 11) is 2.88. The molecule has 7 heteroatoms. The molecule has 0 spiro atoms. The van der Waals surface area contributed by atoms with E-state index in [2.05, 4.69) is 9.84 Å². The van der Waals surface area contributed by atoms with Gasteiger partial charge in [-0.05, 0) is 12.1 Å². The van der Waals surface area contributed by atoms with Crippen LogP contribution in [-0.4, -0.2) is 27.4 Å². The first-order valence-electron chi connectivity index (χ1n) is 4.87. The molecule has 0 N–H and O–H groups in total. The molecule has 0 amide bonds. The largest absolute Gasteiger partial charge is 0.463 e. The van der Waals surface area contributed by atoms with E-state index in [1.54, 1.807) is 13.1 Å². The van der Waals surface area contributed by atoms with Crippen LogP contribution in [0.5, 0.6) is 0 Å². The third kappa shape index (κ3) is 2.12. The van der Waals surface area contributed by atoms with Crippen LogP contribution >= 0.6 is 0 Å². The number of aromatic nitrogens is 3. The lowest BCUT2D eigenvalue weighted by molar-refractivity contribution is 0.0562. The van der Waals surface area contributed by atoms with E-state index in [4.69, 9.17) is 4.42 Å². The van der Waals surface area contributed by atoms with E-state index in [0.29, 0.717) is 5.76 Å². The number of nitrogens with zero attached hydrogens (tertiary/aromatic N) is 3. The Kier molecular flexibility index (Phi) is 2.82. The fourth-order valence-electron chi connectivity index (χ4n) is 1.35. The standard InChI is InChI=1S/C10H11N3O4/c1-12-6-11-13(10(12)15)5-7-3-4-8(17-7)9(14)16-2/h3-4,6H,5H2,1-2H3. The average molecular weight is 237 g/mol. The Morgan fingerprint density at radius 2 is 2.29 bits per heavy atom. The second-order valence-corrected chi connectivity index (χ2v) is 3.44. The number of carbonyl (C=O) groups is 1. The summed E-state index contributed by atoms with van der Waals surface area (Å²) in [5, 5.41) is 3.88. The highest BCUT2D eigenvalue weighted by Crippen LogP contribution is 2.09. The maximum absolute atomic E-state index is 11.5. The zero-order chi connectivity index (χ0) is 12.4. The molecule has 0 saturated carbocycles. The SMILES string of the molecule is COC(=O)c1ccc(Cn2ncn(C)c2=O)o1. The number of methoxy groups -OCH3 is 1. The Hall–Kier alpha value is -2.31. The summed E-state index contributed by atoms with van der Waals surface area (Å²) in [6, 6.07) is 3.10. The quantitative estimate of drug-likeness (QED) is 0.702. The van der Waals surface area contributed by atoms with Crippen molar-refractivity contribution in [3.8, 4) is 0 Å². The maximum atomic E-state index is 11.5. The van der Waals surface area contributed by atoms with Gasteiger partial charge >= 0.3 is 11.7 Å². The molecule has 0 aromatic carbocycles. The van der Waals surface area contributed by atoms with E-state index in [-0.39, 0.29) is 18.0 Å². The molecule has 0 radical (unpaired) electrons. The molecule has 2 aromatic heterocycles. The molecule has 0 fully saturated rings. The number of aryl methyl sites for hydroxylation is 1. The van der Waals surface area contributed by atoms with Crippen molar-refractivity contribution >= 4 is 5.97 Å². The molecule has 2 aromatic rings. The highest BCUT2D eigenvalue weighted by atomic mass is 16.5. The monoisotopic (exact) mass is 237 g/mol. The number of rotatable bonds is 3. The summed E-state index contributed by atoms with van der Waals surface area (Å²) in [6.07, 6.45) is 1.41. The van der Waals surface area contributed by atoms with Crippen molar-refractivity contribution < 1.29 is 13.9 Å². The first-order chi connectivity index (χ1) is 8.11. The van der Waals surface area contributed by atoms with Crippen LogP contribution in [0.4, 0.5) is 0 Å². The molecule has 2 rings (SSSR count). The lowest BCUT2D eigenvalue weighted by atomic mass is 10.4. The van der Waals surface area contributed by atoms with Crippen molar-refractivity contribution in [2.75, 3.05) is 7.11 Å². The lowest BCUT2D eigenvalue weighted by Gasteiger charge is -1.96. The van der Waals surface area contributed by atoms with Gasteiger partial charge in [0.1, 0.15) is 18.6 Å². The molecule has 17 heavy (non-hydrogen) atoms. The van der Waals surface area contributed by atoms with Gasteiger partial charge in [0.2, 0.25) is 5.76 Å². The van der Waals surface area contributed by atoms with Gasteiger partial charge in [-0.1, -0.05) is 0 Å². The van der Waals surface area contributed by atoms with Crippen LogP contribution in [0.25, 0.3) is 0 Å². The van der Waals surface area contributed by atoms with E-state index >= 15 is 0 Å². The zero-order valence-electron chi connectivity index (χ0n) is 9.41. The molecule has 0 bridgehead atoms.